The Morgan fingerprint density at radius 3 is 2.95 bits per heavy atom. The zero-order valence-corrected chi connectivity index (χ0v) is 13.8. The molecule has 0 radical (unpaired) electrons. The molecule has 0 N–H and O–H groups in total. The molecule has 0 saturated heterocycles. The first kappa shape index (κ1) is 15.0. The average Bonchev–Trinajstić information content (AvgIpc) is 3.21. The number of thiazole rings is 1. The maximum Gasteiger partial charge on any atom is 0.259 e. The van der Waals surface area contributed by atoms with E-state index < -0.39 is 0 Å². The van der Waals surface area contributed by atoms with Crippen LogP contribution < -0.4 is 4.74 Å². The van der Waals surface area contributed by atoms with Crippen molar-refractivity contribution in [3.05, 3.63) is 39.5 Å². The summed E-state index contributed by atoms with van der Waals surface area (Å²) in [7, 11) is 3.37. The van der Waals surface area contributed by atoms with Gasteiger partial charge in [0.15, 0.2) is 0 Å². The van der Waals surface area contributed by atoms with Gasteiger partial charge in [-0.3, -0.25) is 9.78 Å². The minimum absolute atomic E-state index is 0.0297. The molecular weight excluding hydrogens is 298 g/mol. The second kappa shape index (κ2) is 6.04. The van der Waals surface area contributed by atoms with Gasteiger partial charge in [-0.25, -0.2) is 4.98 Å². The quantitative estimate of drug-likeness (QED) is 0.870. The third-order valence-electron chi connectivity index (χ3n) is 4.20. The van der Waals surface area contributed by atoms with E-state index in [0.29, 0.717) is 11.4 Å². The van der Waals surface area contributed by atoms with Gasteiger partial charge in [-0.1, -0.05) is 0 Å². The predicted octanol–water partition coefficient (Wildman–Crippen LogP) is 2.87. The van der Waals surface area contributed by atoms with Gasteiger partial charge in [0.2, 0.25) is 5.88 Å². The van der Waals surface area contributed by atoms with Crippen molar-refractivity contribution in [1.82, 2.24) is 14.9 Å². The van der Waals surface area contributed by atoms with E-state index in [0.717, 1.165) is 29.8 Å². The van der Waals surface area contributed by atoms with Crippen molar-refractivity contribution in [3.63, 3.8) is 0 Å². The Bertz CT molecular complexity index is 685. The van der Waals surface area contributed by atoms with Crippen molar-refractivity contribution in [1.29, 1.82) is 0 Å². The number of pyridine rings is 1. The molecule has 0 spiro atoms. The Labute approximate surface area is 134 Å². The molecule has 116 valence electrons. The lowest BCUT2D eigenvalue weighted by Crippen LogP contribution is -2.30. The summed E-state index contributed by atoms with van der Waals surface area (Å²) in [4.78, 5) is 24.2. The van der Waals surface area contributed by atoms with Crippen molar-refractivity contribution in [2.45, 2.75) is 32.2 Å². The molecule has 0 aliphatic heterocycles. The summed E-state index contributed by atoms with van der Waals surface area (Å²) >= 11 is 1.55. The van der Waals surface area contributed by atoms with Gasteiger partial charge in [-0.2, -0.15) is 0 Å². The summed E-state index contributed by atoms with van der Waals surface area (Å²) in [5, 5.41) is 0. The molecule has 0 bridgehead atoms. The van der Waals surface area contributed by atoms with E-state index in [2.05, 4.69) is 9.97 Å². The largest absolute Gasteiger partial charge is 0.480 e. The molecule has 2 aromatic heterocycles. The van der Waals surface area contributed by atoms with E-state index in [-0.39, 0.29) is 11.9 Å². The number of carbonyl (C=O) groups excluding carboxylic acids is 1. The van der Waals surface area contributed by atoms with Crippen molar-refractivity contribution >= 4 is 17.2 Å². The summed E-state index contributed by atoms with van der Waals surface area (Å²) in [6.45, 7) is 2.00. The lowest BCUT2D eigenvalue weighted by Gasteiger charge is -2.24. The normalized spacial score (nSPS) is 14.5. The summed E-state index contributed by atoms with van der Waals surface area (Å²) in [5.74, 6) is 0.356. The van der Waals surface area contributed by atoms with E-state index >= 15 is 0 Å². The van der Waals surface area contributed by atoms with Crippen molar-refractivity contribution in [3.8, 4) is 5.88 Å². The maximum atomic E-state index is 12.9. The smallest absolute Gasteiger partial charge is 0.259 e. The molecule has 0 saturated carbocycles. The van der Waals surface area contributed by atoms with E-state index in [9.17, 15) is 4.79 Å². The average molecular weight is 317 g/mol. The number of nitrogens with zero attached hydrogens (tertiary/aromatic N) is 3. The first-order chi connectivity index (χ1) is 10.6. The van der Waals surface area contributed by atoms with Crippen molar-refractivity contribution in [2.24, 2.45) is 0 Å². The van der Waals surface area contributed by atoms with Crippen LogP contribution in [-0.4, -0.2) is 34.9 Å². The highest BCUT2D eigenvalue weighted by molar-refractivity contribution is 7.09. The molecule has 1 amide bonds. The van der Waals surface area contributed by atoms with E-state index in [4.69, 9.17) is 4.74 Å². The molecule has 22 heavy (non-hydrogen) atoms. The molecule has 5 nitrogen and oxygen atoms in total. The third-order valence-corrected chi connectivity index (χ3v) is 5.15. The van der Waals surface area contributed by atoms with Gasteiger partial charge in [0.1, 0.15) is 5.56 Å². The van der Waals surface area contributed by atoms with Crippen LogP contribution in [0.4, 0.5) is 0 Å². The number of aryl methyl sites for hydroxylation is 2. The van der Waals surface area contributed by atoms with Crippen molar-refractivity contribution in [2.75, 3.05) is 14.2 Å². The second-order valence-electron chi connectivity index (χ2n) is 5.50. The molecule has 1 aliphatic rings. The first-order valence-electron chi connectivity index (χ1n) is 7.34. The fourth-order valence-corrected chi connectivity index (χ4v) is 3.47. The van der Waals surface area contributed by atoms with Gasteiger partial charge in [-0.15, -0.1) is 11.3 Å². The van der Waals surface area contributed by atoms with Crippen LogP contribution in [0.25, 0.3) is 0 Å². The van der Waals surface area contributed by atoms with Crippen LogP contribution >= 0.6 is 11.3 Å². The Kier molecular flexibility index (Phi) is 4.11. The van der Waals surface area contributed by atoms with Crippen LogP contribution in [0.15, 0.2) is 17.8 Å². The van der Waals surface area contributed by atoms with E-state index in [1.807, 2.05) is 13.0 Å². The minimum Gasteiger partial charge on any atom is -0.480 e. The lowest BCUT2D eigenvalue weighted by atomic mass is 10.1. The molecule has 0 unspecified atom stereocenters. The number of hydrogen-bond donors (Lipinski definition) is 0. The summed E-state index contributed by atoms with van der Waals surface area (Å²) in [6, 6.07) is 1.92. The van der Waals surface area contributed by atoms with Gasteiger partial charge >= 0.3 is 0 Å². The fourth-order valence-electron chi connectivity index (χ4n) is 2.75. The number of amides is 1. The van der Waals surface area contributed by atoms with E-state index in [1.165, 1.54) is 5.56 Å². The van der Waals surface area contributed by atoms with E-state index in [1.54, 1.807) is 42.1 Å². The van der Waals surface area contributed by atoms with Gasteiger partial charge in [0.25, 0.3) is 5.91 Å². The highest BCUT2D eigenvalue weighted by Crippen LogP contribution is 2.29. The predicted molar refractivity (Wildman–Crippen MR) is 85.4 cm³/mol. The van der Waals surface area contributed by atoms with Crippen LogP contribution in [0.3, 0.4) is 0 Å². The van der Waals surface area contributed by atoms with Gasteiger partial charge < -0.3 is 9.64 Å². The Hall–Kier alpha value is -1.95. The molecule has 1 aliphatic carbocycles. The number of carbonyl (C=O) groups is 1. The Balaban J connectivity index is 1.91. The molecular formula is C16H19N3O2S. The number of fused-ring (bicyclic) bond motifs is 1. The van der Waals surface area contributed by atoms with Gasteiger partial charge in [-0.05, 0) is 37.8 Å². The zero-order chi connectivity index (χ0) is 15.7. The van der Waals surface area contributed by atoms with Crippen LogP contribution in [0.1, 0.15) is 45.9 Å². The number of hydrogen-bond acceptors (Lipinski definition) is 5. The first-order valence-corrected chi connectivity index (χ1v) is 8.22. The molecule has 6 heteroatoms. The molecule has 2 heterocycles. The SMILES string of the molecule is COc1nc2c(cc1C(=O)N(C)[C@@H](C)c1cncs1)CCC2. The third kappa shape index (κ3) is 2.59. The number of aromatic nitrogens is 2. The van der Waals surface area contributed by atoms with Gasteiger partial charge in [0.05, 0.1) is 18.7 Å². The van der Waals surface area contributed by atoms with Crippen molar-refractivity contribution < 1.29 is 9.53 Å². The Morgan fingerprint density at radius 1 is 1.45 bits per heavy atom. The van der Waals surface area contributed by atoms with Crippen LogP contribution in [-0.2, 0) is 12.8 Å². The molecule has 3 rings (SSSR count). The lowest BCUT2D eigenvalue weighted by molar-refractivity contribution is 0.0740. The number of ether oxygens (including phenoxy) is 1. The summed E-state index contributed by atoms with van der Waals surface area (Å²) < 4.78 is 5.34. The summed E-state index contributed by atoms with van der Waals surface area (Å²) in [5.41, 5.74) is 4.55. The summed E-state index contributed by atoms with van der Waals surface area (Å²) in [6.07, 6.45) is 4.85. The highest BCUT2D eigenvalue weighted by Gasteiger charge is 2.26. The molecule has 1 atom stereocenters. The molecule has 0 fully saturated rings. The fraction of sp³-hybridized carbons (Fsp3) is 0.438. The number of methoxy groups -OCH3 is 1. The minimum atomic E-state index is -0.0695. The molecule has 2 aromatic rings. The zero-order valence-electron chi connectivity index (χ0n) is 13.0. The monoisotopic (exact) mass is 317 g/mol. The van der Waals surface area contributed by atoms with Crippen LogP contribution in [0, 0.1) is 0 Å². The maximum absolute atomic E-state index is 12.9. The van der Waals surface area contributed by atoms with Crippen LogP contribution in [0.5, 0.6) is 5.88 Å². The Morgan fingerprint density at radius 2 is 2.27 bits per heavy atom. The molecule has 0 aromatic carbocycles. The number of rotatable bonds is 4. The highest BCUT2D eigenvalue weighted by atomic mass is 32.1. The second-order valence-corrected chi connectivity index (χ2v) is 6.42. The standard InChI is InChI=1S/C16H19N3O2S/c1-10(14-8-17-9-22-14)19(2)16(20)12-7-11-5-4-6-13(11)18-15(12)21-3/h7-10H,4-6H2,1-3H3/t10-/m0/s1. The topological polar surface area (TPSA) is 55.3 Å². The van der Waals surface area contributed by atoms with Gasteiger partial charge in [0, 0.05) is 23.8 Å². The van der Waals surface area contributed by atoms with Crippen LogP contribution in [0.2, 0.25) is 0 Å².